The number of phenolic OH excluding ortho intramolecular Hbond substituents is 1. The van der Waals surface area contributed by atoms with Crippen molar-refractivity contribution < 1.29 is 19.1 Å². The summed E-state index contributed by atoms with van der Waals surface area (Å²) < 4.78 is 10.3. The van der Waals surface area contributed by atoms with Crippen molar-refractivity contribution in [2.75, 3.05) is 0 Å². The number of carbonyl (C=O) groups is 1. The molecule has 0 aliphatic heterocycles. The molecular weight excluding hydrogens is 367 g/mol. The van der Waals surface area contributed by atoms with Crippen LogP contribution >= 0.6 is 23.2 Å². The highest BCUT2D eigenvalue weighted by Gasteiger charge is 2.12. The summed E-state index contributed by atoms with van der Waals surface area (Å²) in [4.78, 5) is 23.7. The summed E-state index contributed by atoms with van der Waals surface area (Å²) >= 11 is 11.9. The third-order valence-electron chi connectivity index (χ3n) is 3.55. The number of ether oxygens (including phenoxy) is 1. The lowest BCUT2D eigenvalue weighted by atomic mass is 10.1. The van der Waals surface area contributed by atoms with E-state index in [4.69, 9.17) is 32.4 Å². The summed E-state index contributed by atoms with van der Waals surface area (Å²) in [5.41, 5.74) is 0.712. The molecule has 0 amide bonds. The zero-order valence-corrected chi connectivity index (χ0v) is 14.3. The maximum Gasteiger partial charge on any atom is 0.336 e. The van der Waals surface area contributed by atoms with E-state index in [9.17, 15) is 14.7 Å². The lowest BCUT2D eigenvalue weighted by Gasteiger charge is -2.08. The molecule has 3 rings (SSSR count). The van der Waals surface area contributed by atoms with Gasteiger partial charge in [-0.25, -0.2) is 4.79 Å². The Labute approximate surface area is 152 Å². The number of rotatable bonds is 4. The molecule has 2 aromatic carbocycles. The van der Waals surface area contributed by atoms with E-state index in [0.29, 0.717) is 26.6 Å². The van der Waals surface area contributed by atoms with E-state index < -0.39 is 11.6 Å². The van der Waals surface area contributed by atoms with Gasteiger partial charge in [0.25, 0.3) is 0 Å². The first-order valence-electron chi connectivity index (χ1n) is 7.27. The molecule has 0 saturated carbocycles. The number of halogens is 2. The van der Waals surface area contributed by atoms with Gasteiger partial charge in [0.1, 0.15) is 17.9 Å². The van der Waals surface area contributed by atoms with Gasteiger partial charge in [0.05, 0.1) is 6.42 Å². The number of benzene rings is 2. The van der Waals surface area contributed by atoms with E-state index in [1.165, 1.54) is 18.2 Å². The van der Waals surface area contributed by atoms with Gasteiger partial charge in [0.15, 0.2) is 0 Å². The number of phenols is 1. The van der Waals surface area contributed by atoms with E-state index in [-0.39, 0.29) is 24.4 Å². The Morgan fingerprint density at radius 3 is 2.64 bits per heavy atom. The molecule has 0 atom stereocenters. The lowest BCUT2D eigenvalue weighted by molar-refractivity contribution is -0.144. The van der Waals surface area contributed by atoms with Gasteiger partial charge in [-0.3, -0.25) is 4.79 Å². The molecule has 1 heterocycles. The van der Waals surface area contributed by atoms with Gasteiger partial charge < -0.3 is 14.3 Å². The lowest BCUT2D eigenvalue weighted by Crippen LogP contribution is -2.10. The summed E-state index contributed by atoms with van der Waals surface area (Å²) in [6.07, 6.45) is -0.0177. The molecule has 1 aromatic heterocycles. The summed E-state index contributed by atoms with van der Waals surface area (Å²) in [7, 11) is 0. The highest BCUT2D eigenvalue weighted by Crippen LogP contribution is 2.23. The predicted octanol–water partition coefficient (Wildman–Crippen LogP) is 4.09. The van der Waals surface area contributed by atoms with E-state index in [1.807, 2.05) is 0 Å². The van der Waals surface area contributed by atoms with E-state index in [2.05, 4.69) is 0 Å². The van der Waals surface area contributed by atoms with Crippen LogP contribution in [0.25, 0.3) is 11.0 Å². The summed E-state index contributed by atoms with van der Waals surface area (Å²) in [6, 6.07) is 10.5. The van der Waals surface area contributed by atoms with E-state index in [1.54, 1.807) is 24.3 Å². The number of hydrogen-bond donors (Lipinski definition) is 1. The molecule has 0 bridgehead atoms. The van der Waals surface area contributed by atoms with Crippen LogP contribution in [0.2, 0.25) is 10.0 Å². The fourth-order valence-electron chi connectivity index (χ4n) is 2.37. The third-order valence-corrected chi connectivity index (χ3v) is 4.14. The maximum atomic E-state index is 12.0. The number of carbonyl (C=O) groups excluding carboxylic acids is 1. The molecule has 1 N–H and O–H groups in total. The summed E-state index contributed by atoms with van der Waals surface area (Å²) in [5.74, 6) is -0.522. The molecule has 7 heteroatoms. The molecular formula is C18H12Cl2O5. The highest BCUT2D eigenvalue weighted by molar-refractivity contribution is 6.35. The minimum Gasteiger partial charge on any atom is -0.508 e. The number of hydrogen-bond acceptors (Lipinski definition) is 5. The molecule has 3 aromatic rings. The van der Waals surface area contributed by atoms with Crippen LogP contribution in [0, 0.1) is 0 Å². The summed E-state index contributed by atoms with van der Waals surface area (Å²) in [5, 5.41) is 10.9. The van der Waals surface area contributed by atoms with Crippen molar-refractivity contribution in [2.45, 2.75) is 13.0 Å². The average molecular weight is 379 g/mol. The Kier molecular flexibility index (Phi) is 4.97. The number of fused-ring (bicyclic) bond motifs is 1. The van der Waals surface area contributed by atoms with Crippen molar-refractivity contribution in [3.63, 3.8) is 0 Å². The fraction of sp³-hybridized carbons (Fsp3) is 0.111. The number of aromatic hydroxyl groups is 1. The fourth-order valence-corrected chi connectivity index (χ4v) is 2.84. The van der Waals surface area contributed by atoms with Crippen LogP contribution in [-0.4, -0.2) is 11.1 Å². The maximum absolute atomic E-state index is 12.0. The van der Waals surface area contributed by atoms with Gasteiger partial charge in [-0.2, -0.15) is 0 Å². The van der Waals surface area contributed by atoms with Crippen LogP contribution in [0.4, 0.5) is 0 Å². The first-order chi connectivity index (χ1) is 11.9. The minimum atomic E-state index is -0.593. The van der Waals surface area contributed by atoms with E-state index >= 15 is 0 Å². The zero-order chi connectivity index (χ0) is 18.0. The first-order valence-corrected chi connectivity index (χ1v) is 8.03. The van der Waals surface area contributed by atoms with Gasteiger partial charge in [-0.05, 0) is 29.8 Å². The Bertz CT molecular complexity index is 1010. The Hall–Kier alpha value is -2.50. The van der Waals surface area contributed by atoms with Crippen LogP contribution in [0.1, 0.15) is 11.1 Å². The summed E-state index contributed by atoms with van der Waals surface area (Å²) in [6.45, 7) is -0.100. The molecule has 0 radical (unpaired) electrons. The Balaban J connectivity index is 1.76. The van der Waals surface area contributed by atoms with Crippen LogP contribution < -0.4 is 5.63 Å². The minimum absolute atomic E-state index is 0.0177. The van der Waals surface area contributed by atoms with Crippen molar-refractivity contribution in [1.82, 2.24) is 0 Å². The topological polar surface area (TPSA) is 76.7 Å². The van der Waals surface area contributed by atoms with Crippen molar-refractivity contribution in [3.8, 4) is 5.75 Å². The molecule has 5 nitrogen and oxygen atoms in total. The van der Waals surface area contributed by atoms with Crippen molar-refractivity contribution in [1.29, 1.82) is 0 Å². The monoisotopic (exact) mass is 378 g/mol. The van der Waals surface area contributed by atoms with Gasteiger partial charge in [-0.1, -0.05) is 29.3 Å². The first kappa shape index (κ1) is 17.3. The second kappa shape index (κ2) is 7.17. The van der Waals surface area contributed by atoms with Crippen molar-refractivity contribution in [2.24, 2.45) is 0 Å². The molecule has 128 valence electrons. The Morgan fingerprint density at radius 1 is 1.08 bits per heavy atom. The molecule has 0 saturated heterocycles. The SMILES string of the molecule is O=C(Cc1ccc(Cl)cc1Cl)OCc1cc(=O)oc2cc(O)ccc12. The van der Waals surface area contributed by atoms with Gasteiger partial charge in [-0.15, -0.1) is 0 Å². The van der Waals surface area contributed by atoms with Crippen LogP contribution in [0.5, 0.6) is 5.75 Å². The van der Waals surface area contributed by atoms with Crippen LogP contribution in [-0.2, 0) is 22.6 Å². The molecule has 0 fully saturated rings. The molecule has 0 spiro atoms. The average Bonchev–Trinajstić information content (AvgIpc) is 2.54. The van der Waals surface area contributed by atoms with Crippen LogP contribution in [0.3, 0.4) is 0 Å². The van der Waals surface area contributed by atoms with E-state index in [0.717, 1.165) is 0 Å². The van der Waals surface area contributed by atoms with Gasteiger partial charge in [0.2, 0.25) is 0 Å². The largest absolute Gasteiger partial charge is 0.508 e. The smallest absolute Gasteiger partial charge is 0.336 e. The quantitative estimate of drug-likeness (QED) is 0.546. The third kappa shape index (κ3) is 4.13. The normalized spacial score (nSPS) is 10.8. The van der Waals surface area contributed by atoms with Crippen molar-refractivity contribution >= 4 is 40.1 Å². The molecule has 0 aliphatic carbocycles. The molecule has 25 heavy (non-hydrogen) atoms. The molecule has 0 aliphatic rings. The predicted molar refractivity (Wildman–Crippen MR) is 94.1 cm³/mol. The van der Waals surface area contributed by atoms with Crippen molar-refractivity contribution in [3.05, 3.63) is 74.1 Å². The molecule has 0 unspecified atom stereocenters. The van der Waals surface area contributed by atoms with Gasteiger partial charge >= 0.3 is 11.6 Å². The second-order valence-electron chi connectivity index (χ2n) is 5.34. The van der Waals surface area contributed by atoms with Gasteiger partial charge in [0, 0.05) is 33.1 Å². The Morgan fingerprint density at radius 2 is 1.88 bits per heavy atom. The van der Waals surface area contributed by atoms with Crippen LogP contribution in [0.15, 0.2) is 51.7 Å². The standard InChI is InChI=1S/C18H12Cl2O5/c19-12-2-1-10(15(20)7-12)5-17(22)24-9-11-6-18(23)25-16-8-13(21)3-4-14(11)16/h1-4,6-8,21H,5,9H2. The second-order valence-corrected chi connectivity index (χ2v) is 6.19. The highest BCUT2D eigenvalue weighted by atomic mass is 35.5. The zero-order valence-electron chi connectivity index (χ0n) is 12.8. The number of esters is 1.